The van der Waals surface area contributed by atoms with Crippen LogP contribution in [0, 0.1) is 0 Å². The Bertz CT molecular complexity index is 706. The monoisotopic (exact) mass is 291 g/mol. The van der Waals surface area contributed by atoms with Crippen LogP contribution < -0.4 is 4.90 Å². The van der Waals surface area contributed by atoms with Gasteiger partial charge in [0, 0.05) is 18.7 Å². The van der Waals surface area contributed by atoms with E-state index in [0.29, 0.717) is 12.3 Å². The van der Waals surface area contributed by atoms with Crippen molar-refractivity contribution < 1.29 is 4.79 Å². The first-order valence-electron chi connectivity index (χ1n) is 8.29. The van der Waals surface area contributed by atoms with Gasteiger partial charge in [-0.1, -0.05) is 42.5 Å². The van der Waals surface area contributed by atoms with E-state index in [9.17, 15) is 4.79 Å². The zero-order valence-corrected chi connectivity index (χ0v) is 12.8. The molecule has 0 saturated carbocycles. The van der Waals surface area contributed by atoms with Crippen molar-refractivity contribution >= 4 is 11.6 Å². The molecular formula is C20H21NO. The van der Waals surface area contributed by atoms with Gasteiger partial charge in [0.25, 0.3) is 0 Å². The molecule has 0 N–H and O–H groups in total. The number of carbonyl (C=O) groups excluding carboxylic acids is 1. The van der Waals surface area contributed by atoms with E-state index in [1.165, 1.54) is 16.7 Å². The number of fused-ring (bicyclic) bond motifs is 2. The first-order chi connectivity index (χ1) is 10.8. The molecule has 0 spiro atoms. The average molecular weight is 291 g/mol. The summed E-state index contributed by atoms with van der Waals surface area (Å²) in [4.78, 5) is 14.9. The molecule has 1 amide bonds. The minimum atomic E-state index is 0.286. The standard InChI is InChI=1S/C20H21NO/c22-20(14-17-12-11-15-6-1-3-9-18(15)17)21-13-5-8-16-7-2-4-10-19(16)21/h1-4,6-7,9-10,17H,5,8,11-14H2. The van der Waals surface area contributed by atoms with Gasteiger partial charge in [0.1, 0.15) is 0 Å². The lowest BCUT2D eigenvalue weighted by Crippen LogP contribution is -2.36. The van der Waals surface area contributed by atoms with Crippen LogP contribution in [0.1, 0.15) is 41.9 Å². The molecule has 1 unspecified atom stereocenters. The van der Waals surface area contributed by atoms with Crippen LogP contribution in [-0.2, 0) is 17.6 Å². The molecule has 2 heteroatoms. The number of anilines is 1. The van der Waals surface area contributed by atoms with Gasteiger partial charge in [-0.25, -0.2) is 0 Å². The van der Waals surface area contributed by atoms with Crippen molar-refractivity contribution in [2.45, 2.75) is 38.0 Å². The van der Waals surface area contributed by atoms with Gasteiger partial charge >= 0.3 is 0 Å². The summed E-state index contributed by atoms with van der Waals surface area (Å²) in [5.41, 5.74) is 5.26. The topological polar surface area (TPSA) is 20.3 Å². The molecule has 1 aliphatic carbocycles. The lowest BCUT2D eigenvalue weighted by Gasteiger charge is -2.30. The molecule has 0 radical (unpaired) electrons. The van der Waals surface area contributed by atoms with Crippen LogP contribution in [-0.4, -0.2) is 12.5 Å². The van der Waals surface area contributed by atoms with E-state index < -0.39 is 0 Å². The number of nitrogens with zero attached hydrogens (tertiary/aromatic N) is 1. The first-order valence-corrected chi connectivity index (χ1v) is 8.29. The molecule has 0 bridgehead atoms. The fraction of sp³-hybridized carbons (Fsp3) is 0.350. The van der Waals surface area contributed by atoms with E-state index in [1.807, 2.05) is 11.0 Å². The quantitative estimate of drug-likeness (QED) is 0.816. The molecule has 0 saturated heterocycles. The Kier molecular flexibility index (Phi) is 3.45. The zero-order chi connectivity index (χ0) is 14.9. The van der Waals surface area contributed by atoms with Crippen molar-refractivity contribution in [1.29, 1.82) is 0 Å². The predicted molar refractivity (Wildman–Crippen MR) is 89.2 cm³/mol. The van der Waals surface area contributed by atoms with E-state index in [-0.39, 0.29) is 5.91 Å². The highest BCUT2D eigenvalue weighted by molar-refractivity contribution is 5.95. The fourth-order valence-corrected chi connectivity index (χ4v) is 3.97. The summed E-state index contributed by atoms with van der Waals surface area (Å²) in [6.07, 6.45) is 5.03. The number of hydrogen-bond donors (Lipinski definition) is 0. The molecule has 0 fully saturated rings. The highest BCUT2D eigenvalue weighted by Crippen LogP contribution is 2.36. The summed E-state index contributed by atoms with van der Waals surface area (Å²) in [5.74, 6) is 0.687. The Hall–Kier alpha value is -2.09. The highest BCUT2D eigenvalue weighted by Gasteiger charge is 2.28. The summed E-state index contributed by atoms with van der Waals surface area (Å²) < 4.78 is 0. The maximum atomic E-state index is 12.9. The summed E-state index contributed by atoms with van der Waals surface area (Å²) >= 11 is 0. The third kappa shape index (κ3) is 2.33. The second-order valence-electron chi connectivity index (χ2n) is 6.42. The minimum Gasteiger partial charge on any atom is -0.312 e. The number of rotatable bonds is 2. The van der Waals surface area contributed by atoms with Crippen molar-refractivity contribution in [2.75, 3.05) is 11.4 Å². The van der Waals surface area contributed by atoms with E-state index >= 15 is 0 Å². The molecule has 1 aliphatic heterocycles. The van der Waals surface area contributed by atoms with E-state index in [2.05, 4.69) is 42.5 Å². The van der Waals surface area contributed by atoms with Crippen molar-refractivity contribution in [3.8, 4) is 0 Å². The molecule has 2 aromatic rings. The SMILES string of the molecule is O=C(CC1CCc2ccccc21)N1CCCc2ccccc21. The van der Waals surface area contributed by atoms with Gasteiger partial charge in [-0.3, -0.25) is 4.79 Å². The van der Waals surface area contributed by atoms with Crippen molar-refractivity contribution in [3.63, 3.8) is 0 Å². The number of amides is 1. The summed E-state index contributed by atoms with van der Waals surface area (Å²) in [7, 11) is 0. The first kappa shape index (κ1) is 13.6. The van der Waals surface area contributed by atoms with Crippen LogP contribution in [0.2, 0.25) is 0 Å². The lowest BCUT2D eigenvalue weighted by atomic mass is 9.95. The van der Waals surface area contributed by atoms with Gasteiger partial charge in [0.2, 0.25) is 5.91 Å². The molecular weight excluding hydrogens is 270 g/mol. The van der Waals surface area contributed by atoms with Crippen molar-refractivity contribution in [2.24, 2.45) is 0 Å². The number of carbonyl (C=O) groups is 1. The molecule has 1 atom stereocenters. The highest BCUT2D eigenvalue weighted by atomic mass is 16.2. The van der Waals surface area contributed by atoms with Crippen LogP contribution in [0.15, 0.2) is 48.5 Å². The minimum absolute atomic E-state index is 0.286. The van der Waals surface area contributed by atoms with Gasteiger partial charge < -0.3 is 4.90 Å². The third-order valence-electron chi connectivity index (χ3n) is 5.09. The van der Waals surface area contributed by atoms with Gasteiger partial charge in [0.05, 0.1) is 0 Å². The van der Waals surface area contributed by atoms with Crippen LogP contribution in [0.3, 0.4) is 0 Å². The van der Waals surface area contributed by atoms with E-state index in [1.54, 1.807) is 0 Å². The molecule has 4 rings (SSSR count). The summed E-state index contributed by atoms with van der Waals surface area (Å²) in [6.45, 7) is 0.865. The molecule has 2 aromatic carbocycles. The zero-order valence-electron chi connectivity index (χ0n) is 12.8. The molecule has 22 heavy (non-hydrogen) atoms. The fourth-order valence-electron chi connectivity index (χ4n) is 3.97. The van der Waals surface area contributed by atoms with Crippen LogP contribution in [0.4, 0.5) is 5.69 Å². The van der Waals surface area contributed by atoms with Crippen LogP contribution >= 0.6 is 0 Å². The van der Waals surface area contributed by atoms with Gasteiger partial charge in [0.15, 0.2) is 0 Å². The van der Waals surface area contributed by atoms with Crippen molar-refractivity contribution in [3.05, 3.63) is 65.2 Å². The Labute approximate surface area is 131 Å². The van der Waals surface area contributed by atoms with E-state index in [0.717, 1.165) is 37.9 Å². The summed E-state index contributed by atoms with van der Waals surface area (Å²) in [6, 6.07) is 17.0. The van der Waals surface area contributed by atoms with Crippen LogP contribution in [0.25, 0.3) is 0 Å². The molecule has 2 nitrogen and oxygen atoms in total. The average Bonchev–Trinajstić information content (AvgIpc) is 2.97. The second kappa shape index (κ2) is 5.60. The van der Waals surface area contributed by atoms with Crippen molar-refractivity contribution in [1.82, 2.24) is 0 Å². The van der Waals surface area contributed by atoms with Crippen LogP contribution in [0.5, 0.6) is 0 Å². The molecule has 1 heterocycles. The number of benzene rings is 2. The Morgan fingerprint density at radius 2 is 1.77 bits per heavy atom. The van der Waals surface area contributed by atoms with Gasteiger partial charge in [-0.15, -0.1) is 0 Å². The maximum Gasteiger partial charge on any atom is 0.227 e. The predicted octanol–water partition coefficient (Wildman–Crippen LogP) is 4.09. The maximum absolute atomic E-state index is 12.9. The smallest absolute Gasteiger partial charge is 0.227 e. The molecule has 2 aliphatic rings. The molecule has 112 valence electrons. The Morgan fingerprint density at radius 3 is 2.68 bits per heavy atom. The largest absolute Gasteiger partial charge is 0.312 e. The normalized spacial score (nSPS) is 19.6. The number of hydrogen-bond acceptors (Lipinski definition) is 1. The lowest BCUT2D eigenvalue weighted by molar-refractivity contribution is -0.119. The Balaban J connectivity index is 1.55. The summed E-state index contributed by atoms with van der Waals surface area (Å²) in [5, 5.41) is 0. The Morgan fingerprint density at radius 1 is 1.00 bits per heavy atom. The van der Waals surface area contributed by atoms with E-state index in [4.69, 9.17) is 0 Å². The van der Waals surface area contributed by atoms with Gasteiger partial charge in [-0.2, -0.15) is 0 Å². The number of aryl methyl sites for hydroxylation is 2. The number of para-hydroxylation sites is 1. The van der Waals surface area contributed by atoms with Gasteiger partial charge in [-0.05, 0) is 54.4 Å². The molecule has 0 aromatic heterocycles. The third-order valence-corrected chi connectivity index (χ3v) is 5.09. The second-order valence-corrected chi connectivity index (χ2v) is 6.42.